The normalized spacial score (nSPS) is 15.5. The van der Waals surface area contributed by atoms with E-state index >= 15 is 0 Å². The molecule has 0 heterocycles. The minimum absolute atomic E-state index is 0.0781. The summed E-state index contributed by atoms with van der Waals surface area (Å²) < 4.78 is 23.6. The molecule has 0 rings (SSSR count). The summed E-state index contributed by atoms with van der Waals surface area (Å²) in [5.74, 6) is -3.41. The van der Waals surface area contributed by atoms with E-state index in [-0.39, 0.29) is 13.0 Å². The lowest BCUT2D eigenvalue weighted by Crippen LogP contribution is -2.47. The third kappa shape index (κ3) is 4.70. The third-order valence-electron chi connectivity index (χ3n) is 2.32. The average molecular weight is 267 g/mol. The second kappa shape index (κ2) is 5.97. The van der Waals surface area contributed by atoms with Crippen molar-refractivity contribution in [2.75, 3.05) is 12.8 Å². The molecule has 0 radical (unpaired) electrons. The van der Waals surface area contributed by atoms with Crippen LogP contribution in [0, 0.1) is 5.92 Å². The van der Waals surface area contributed by atoms with Gasteiger partial charge in [0.1, 0.15) is 6.04 Å². The van der Waals surface area contributed by atoms with Crippen molar-refractivity contribution >= 4 is 22.0 Å². The number of carbonyl (C=O) groups is 2. The van der Waals surface area contributed by atoms with E-state index in [2.05, 4.69) is 0 Å². The summed E-state index contributed by atoms with van der Waals surface area (Å²) >= 11 is 0. The van der Waals surface area contributed by atoms with Crippen molar-refractivity contribution in [3.05, 3.63) is 0 Å². The van der Waals surface area contributed by atoms with E-state index < -0.39 is 33.9 Å². The lowest BCUT2D eigenvalue weighted by atomic mass is 10.1. The predicted octanol–water partition coefficient (Wildman–Crippen LogP) is -0.168. The monoisotopic (exact) mass is 267 g/mol. The molecule has 2 atom stereocenters. The van der Waals surface area contributed by atoms with Crippen LogP contribution in [0.5, 0.6) is 0 Å². The summed E-state index contributed by atoms with van der Waals surface area (Å²) in [4.78, 5) is 21.6. The van der Waals surface area contributed by atoms with E-state index in [1.54, 1.807) is 0 Å². The van der Waals surface area contributed by atoms with Gasteiger partial charge in [0, 0.05) is 6.54 Å². The first-order valence-corrected chi connectivity index (χ1v) is 6.88. The maximum absolute atomic E-state index is 11.5. The second-order valence-electron chi connectivity index (χ2n) is 3.83. The van der Waals surface area contributed by atoms with E-state index in [4.69, 9.17) is 10.2 Å². The Morgan fingerprint density at radius 3 is 1.94 bits per heavy atom. The predicted molar refractivity (Wildman–Crippen MR) is 60.1 cm³/mol. The first-order chi connectivity index (χ1) is 7.61. The van der Waals surface area contributed by atoms with Crippen molar-refractivity contribution in [2.24, 2.45) is 5.92 Å². The van der Waals surface area contributed by atoms with Gasteiger partial charge in [0.25, 0.3) is 0 Å². The van der Waals surface area contributed by atoms with Gasteiger partial charge < -0.3 is 10.2 Å². The van der Waals surface area contributed by atoms with Crippen molar-refractivity contribution in [3.63, 3.8) is 0 Å². The fourth-order valence-electron chi connectivity index (χ4n) is 1.34. The van der Waals surface area contributed by atoms with Crippen LogP contribution < -0.4 is 0 Å². The number of nitrogens with zero attached hydrogens (tertiary/aromatic N) is 1. The Bertz CT molecular complexity index is 390. The second-order valence-corrected chi connectivity index (χ2v) is 5.77. The molecule has 0 aliphatic carbocycles. The Balaban J connectivity index is 5.15. The van der Waals surface area contributed by atoms with Crippen LogP contribution >= 0.6 is 0 Å². The van der Waals surface area contributed by atoms with Crippen LogP contribution in [-0.2, 0) is 19.6 Å². The molecule has 7 nitrogen and oxygen atoms in total. The van der Waals surface area contributed by atoms with Crippen LogP contribution in [0.1, 0.15) is 20.3 Å². The molecule has 0 spiro atoms. The molecule has 0 fully saturated rings. The number of carboxylic acids is 2. The Labute approximate surface area is 100 Å². The van der Waals surface area contributed by atoms with Crippen LogP contribution in [0.4, 0.5) is 0 Å². The number of hydrogen-bond acceptors (Lipinski definition) is 4. The summed E-state index contributed by atoms with van der Waals surface area (Å²) in [6.07, 6.45) is 0.946. The molecule has 17 heavy (non-hydrogen) atoms. The molecule has 2 unspecified atom stereocenters. The molecule has 0 saturated carbocycles. The molecule has 0 saturated heterocycles. The maximum atomic E-state index is 11.5. The third-order valence-corrected chi connectivity index (χ3v) is 3.58. The molecule has 0 aromatic rings. The first-order valence-electron chi connectivity index (χ1n) is 5.03. The standard InChI is InChI=1S/C9H17NO6S/c1-4-7(9(13)14)10(17(3,15)16)5-6(2)8(11)12/h6-7H,4-5H2,1-3H3,(H,11,12)(H,13,14). The lowest BCUT2D eigenvalue weighted by molar-refractivity contribution is -0.145. The highest BCUT2D eigenvalue weighted by molar-refractivity contribution is 7.88. The molecule has 0 aliphatic rings. The molecule has 0 aliphatic heterocycles. The van der Waals surface area contributed by atoms with E-state index in [1.165, 1.54) is 13.8 Å². The number of carboxylic acid groups (broad SMARTS) is 2. The SMILES string of the molecule is CCC(C(=O)O)N(CC(C)C(=O)O)S(C)(=O)=O. The van der Waals surface area contributed by atoms with Crippen LogP contribution in [0.3, 0.4) is 0 Å². The lowest BCUT2D eigenvalue weighted by Gasteiger charge is -2.27. The van der Waals surface area contributed by atoms with Gasteiger partial charge in [-0.1, -0.05) is 13.8 Å². The molecule has 0 aromatic heterocycles. The van der Waals surface area contributed by atoms with Gasteiger partial charge in [-0.2, -0.15) is 4.31 Å². The molecule has 0 amide bonds. The highest BCUT2D eigenvalue weighted by Crippen LogP contribution is 2.13. The molecule has 0 bridgehead atoms. The summed E-state index contributed by atoms with van der Waals surface area (Å²) in [6.45, 7) is 2.51. The highest BCUT2D eigenvalue weighted by atomic mass is 32.2. The van der Waals surface area contributed by atoms with E-state index in [1.807, 2.05) is 0 Å². The van der Waals surface area contributed by atoms with Gasteiger partial charge in [0.2, 0.25) is 10.0 Å². The first kappa shape index (κ1) is 15.9. The van der Waals surface area contributed by atoms with Crippen LogP contribution in [-0.4, -0.2) is 53.7 Å². The number of rotatable bonds is 7. The molecule has 8 heteroatoms. The van der Waals surface area contributed by atoms with Crippen LogP contribution in [0.15, 0.2) is 0 Å². The molecular weight excluding hydrogens is 250 g/mol. The fourth-order valence-corrected chi connectivity index (χ4v) is 2.54. The van der Waals surface area contributed by atoms with Crippen molar-refractivity contribution < 1.29 is 28.2 Å². The topological polar surface area (TPSA) is 112 Å². The molecule has 100 valence electrons. The van der Waals surface area contributed by atoms with Gasteiger partial charge in [-0.3, -0.25) is 9.59 Å². The van der Waals surface area contributed by atoms with Gasteiger partial charge in [-0.25, -0.2) is 8.42 Å². The van der Waals surface area contributed by atoms with E-state index in [0.29, 0.717) is 4.31 Å². The summed E-state index contributed by atoms with van der Waals surface area (Å²) in [7, 11) is -3.76. The maximum Gasteiger partial charge on any atom is 0.321 e. The smallest absolute Gasteiger partial charge is 0.321 e. The Hall–Kier alpha value is -1.15. The van der Waals surface area contributed by atoms with Gasteiger partial charge in [-0.15, -0.1) is 0 Å². The molecule has 0 aromatic carbocycles. The van der Waals surface area contributed by atoms with Gasteiger partial charge in [0.15, 0.2) is 0 Å². The van der Waals surface area contributed by atoms with Crippen LogP contribution in [0.2, 0.25) is 0 Å². The zero-order chi connectivity index (χ0) is 13.8. The summed E-state index contributed by atoms with van der Waals surface area (Å²) in [5.41, 5.74) is 0. The fraction of sp³-hybridized carbons (Fsp3) is 0.778. The number of aliphatic carboxylic acids is 2. The Morgan fingerprint density at radius 1 is 1.24 bits per heavy atom. The number of hydrogen-bond donors (Lipinski definition) is 2. The Kier molecular flexibility index (Phi) is 5.56. The van der Waals surface area contributed by atoms with Crippen molar-refractivity contribution in [1.29, 1.82) is 0 Å². The zero-order valence-electron chi connectivity index (χ0n) is 9.95. The zero-order valence-corrected chi connectivity index (χ0v) is 10.8. The van der Waals surface area contributed by atoms with Gasteiger partial charge >= 0.3 is 11.9 Å². The van der Waals surface area contributed by atoms with E-state index in [9.17, 15) is 18.0 Å². The minimum Gasteiger partial charge on any atom is -0.481 e. The minimum atomic E-state index is -3.76. The summed E-state index contributed by atoms with van der Waals surface area (Å²) in [6, 6.07) is -1.23. The van der Waals surface area contributed by atoms with Gasteiger partial charge in [-0.05, 0) is 6.42 Å². The van der Waals surface area contributed by atoms with Crippen LogP contribution in [0.25, 0.3) is 0 Å². The average Bonchev–Trinajstić information content (AvgIpc) is 2.14. The highest BCUT2D eigenvalue weighted by Gasteiger charge is 2.33. The largest absolute Gasteiger partial charge is 0.481 e. The van der Waals surface area contributed by atoms with Crippen molar-refractivity contribution in [3.8, 4) is 0 Å². The summed E-state index contributed by atoms with van der Waals surface area (Å²) in [5, 5.41) is 17.6. The quantitative estimate of drug-likeness (QED) is 0.662. The van der Waals surface area contributed by atoms with Crippen molar-refractivity contribution in [1.82, 2.24) is 4.31 Å². The number of sulfonamides is 1. The van der Waals surface area contributed by atoms with Crippen molar-refractivity contribution in [2.45, 2.75) is 26.3 Å². The van der Waals surface area contributed by atoms with E-state index in [0.717, 1.165) is 6.26 Å². The van der Waals surface area contributed by atoms with Gasteiger partial charge in [0.05, 0.1) is 12.2 Å². The molecule has 2 N–H and O–H groups in total. The Morgan fingerprint density at radius 2 is 1.71 bits per heavy atom. The molecular formula is C9H17NO6S.